The lowest BCUT2D eigenvalue weighted by atomic mass is 10.1. The van der Waals surface area contributed by atoms with Gasteiger partial charge in [-0.15, -0.1) is 0 Å². The predicted octanol–water partition coefficient (Wildman–Crippen LogP) is 1.55. The van der Waals surface area contributed by atoms with Crippen molar-refractivity contribution in [3.63, 3.8) is 0 Å². The van der Waals surface area contributed by atoms with Gasteiger partial charge in [0.05, 0.1) is 18.2 Å². The molecule has 0 heterocycles. The molecule has 0 aliphatic heterocycles. The summed E-state index contributed by atoms with van der Waals surface area (Å²) in [4.78, 5) is 10.4. The van der Waals surface area contributed by atoms with Crippen molar-refractivity contribution in [2.24, 2.45) is 5.73 Å². The lowest BCUT2D eigenvalue weighted by Crippen LogP contribution is -2.07. The highest BCUT2D eigenvalue weighted by atomic mass is 19.4. The topological polar surface area (TPSA) is 52.3 Å². The second-order valence-electron chi connectivity index (χ2n) is 3.03. The van der Waals surface area contributed by atoms with E-state index in [4.69, 9.17) is 10.5 Å². The standard InChI is InChI=1S/C11H8F3NO2/c1-17-9-6-8(11(12,13)14)4-2-7(9)3-5-10(15)16/h2,4,6H,1H3,(H2,15,16). The van der Waals surface area contributed by atoms with Gasteiger partial charge in [0.2, 0.25) is 0 Å². The van der Waals surface area contributed by atoms with Gasteiger partial charge in [0.15, 0.2) is 0 Å². The van der Waals surface area contributed by atoms with Gasteiger partial charge in [-0.25, -0.2) is 0 Å². The van der Waals surface area contributed by atoms with E-state index in [1.54, 1.807) is 0 Å². The summed E-state index contributed by atoms with van der Waals surface area (Å²) in [5.41, 5.74) is 4.12. The molecule has 1 rings (SSSR count). The molecule has 1 aromatic carbocycles. The van der Waals surface area contributed by atoms with E-state index in [9.17, 15) is 18.0 Å². The summed E-state index contributed by atoms with van der Waals surface area (Å²) in [6, 6.07) is 2.79. The van der Waals surface area contributed by atoms with Crippen LogP contribution in [0.15, 0.2) is 18.2 Å². The first-order valence-corrected chi connectivity index (χ1v) is 4.41. The third kappa shape index (κ3) is 3.41. The highest BCUT2D eigenvalue weighted by Crippen LogP contribution is 2.32. The minimum atomic E-state index is -4.46. The average molecular weight is 243 g/mol. The van der Waals surface area contributed by atoms with Gasteiger partial charge in [-0.1, -0.05) is 5.92 Å². The fourth-order valence-electron chi connectivity index (χ4n) is 1.10. The maximum Gasteiger partial charge on any atom is 0.416 e. The van der Waals surface area contributed by atoms with E-state index < -0.39 is 17.6 Å². The largest absolute Gasteiger partial charge is 0.495 e. The third-order valence-corrected chi connectivity index (χ3v) is 1.85. The molecule has 1 amide bonds. The van der Waals surface area contributed by atoms with Crippen LogP contribution in [0.2, 0.25) is 0 Å². The summed E-state index contributed by atoms with van der Waals surface area (Å²) in [5.74, 6) is 3.42. The van der Waals surface area contributed by atoms with Crippen LogP contribution in [-0.4, -0.2) is 13.0 Å². The zero-order valence-corrected chi connectivity index (χ0v) is 8.76. The van der Waals surface area contributed by atoms with Crippen LogP contribution in [0.1, 0.15) is 11.1 Å². The van der Waals surface area contributed by atoms with Crippen LogP contribution >= 0.6 is 0 Å². The van der Waals surface area contributed by atoms with Crippen LogP contribution in [0.5, 0.6) is 5.75 Å². The molecule has 1 aromatic rings. The van der Waals surface area contributed by atoms with Gasteiger partial charge in [0, 0.05) is 5.92 Å². The molecule has 0 bridgehead atoms. The first-order chi connectivity index (χ1) is 7.84. The Balaban J connectivity index is 3.21. The van der Waals surface area contributed by atoms with Crippen LogP contribution in [0.25, 0.3) is 0 Å². The fourth-order valence-corrected chi connectivity index (χ4v) is 1.10. The summed E-state index contributed by atoms with van der Waals surface area (Å²) in [6.07, 6.45) is -4.46. The second-order valence-corrected chi connectivity index (χ2v) is 3.03. The molecule has 0 aromatic heterocycles. The van der Waals surface area contributed by atoms with E-state index in [-0.39, 0.29) is 11.3 Å². The molecular weight excluding hydrogens is 235 g/mol. The number of hydrogen-bond acceptors (Lipinski definition) is 2. The molecule has 90 valence electrons. The Morgan fingerprint density at radius 2 is 2.06 bits per heavy atom. The van der Waals surface area contributed by atoms with Crippen molar-refractivity contribution in [3.8, 4) is 17.6 Å². The van der Waals surface area contributed by atoms with Crippen molar-refractivity contribution in [2.45, 2.75) is 6.18 Å². The highest BCUT2D eigenvalue weighted by Gasteiger charge is 2.31. The quantitative estimate of drug-likeness (QED) is 0.761. The predicted molar refractivity (Wildman–Crippen MR) is 54.1 cm³/mol. The van der Waals surface area contributed by atoms with E-state index in [1.165, 1.54) is 7.11 Å². The van der Waals surface area contributed by atoms with Crippen molar-refractivity contribution < 1.29 is 22.7 Å². The molecule has 0 aliphatic rings. The average Bonchev–Trinajstić information content (AvgIpc) is 2.24. The number of hydrogen-bond donors (Lipinski definition) is 1. The van der Waals surface area contributed by atoms with Gasteiger partial charge in [-0.05, 0) is 18.2 Å². The maximum atomic E-state index is 12.4. The summed E-state index contributed by atoms with van der Waals surface area (Å²) in [5, 5.41) is 0. The van der Waals surface area contributed by atoms with Crippen molar-refractivity contribution in [1.29, 1.82) is 0 Å². The molecule has 6 heteroatoms. The van der Waals surface area contributed by atoms with Crippen LogP contribution < -0.4 is 10.5 Å². The highest BCUT2D eigenvalue weighted by molar-refractivity contribution is 5.92. The van der Waals surface area contributed by atoms with Gasteiger partial charge < -0.3 is 10.5 Å². The molecule has 0 saturated carbocycles. The third-order valence-electron chi connectivity index (χ3n) is 1.85. The normalized spacial score (nSPS) is 10.4. The second kappa shape index (κ2) is 4.78. The Hall–Kier alpha value is -2.16. The Kier molecular flexibility index (Phi) is 3.63. The van der Waals surface area contributed by atoms with Gasteiger partial charge in [-0.3, -0.25) is 4.79 Å². The van der Waals surface area contributed by atoms with Crippen molar-refractivity contribution in [1.82, 2.24) is 0 Å². The Labute approximate surface area is 95.4 Å². The van der Waals surface area contributed by atoms with E-state index >= 15 is 0 Å². The molecule has 3 nitrogen and oxygen atoms in total. The van der Waals surface area contributed by atoms with Crippen LogP contribution in [0.4, 0.5) is 13.2 Å². The number of nitrogens with two attached hydrogens (primary N) is 1. The Bertz CT molecular complexity index is 498. The summed E-state index contributed by atoms with van der Waals surface area (Å²) < 4.78 is 41.9. The molecular formula is C11H8F3NO2. The number of primary amides is 1. The monoisotopic (exact) mass is 243 g/mol. The number of carbonyl (C=O) groups excluding carboxylic acids is 1. The molecule has 0 radical (unpaired) electrons. The number of methoxy groups -OCH3 is 1. The fraction of sp³-hybridized carbons (Fsp3) is 0.182. The molecule has 0 spiro atoms. The number of alkyl halides is 3. The SMILES string of the molecule is COc1cc(C(F)(F)F)ccc1C#CC(N)=O. The molecule has 0 saturated heterocycles. The molecule has 2 N–H and O–H groups in total. The number of rotatable bonds is 1. The minimum Gasteiger partial charge on any atom is -0.495 e. The molecule has 0 aliphatic carbocycles. The number of ether oxygens (including phenoxy) is 1. The number of halogens is 3. The molecule has 0 unspecified atom stereocenters. The first kappa shape index (κ1) is 12.9. The number of amides is 1. The zero-order valence-electron chi connectivity index (χ0n) is 8.76. The zero-order chi connectivity index (χ0) is 13.1. The van der Waals surface area contributed by atoms with E-state index in [0.717, 1.165) is 18.2 Å². The lowest BCUT2D eigenvalue weighted by Gasteiger charge is -2.09. The number of carbonyl (C=O) groups is 1. The van der Waals surface area contributed by atoms with Gasteiger partial charge in [0.25, 0.3) is 5.91 Å². The van der Waals surface area contributed by atoms with Crippen molar-refractivity contribution in [3.05, 3.63) is 29.3 Å². The van der Waals surface area contributed by atoms with Gasteiger partial charge in [0.1, 0.15) is 5.75 Å². The summed E-state index contributed by atoms with van der Waals surface area (Å²) in [6.45, 7) is 0. The number of benzene rings is 1. The summed E-state index contributed by atoms with van der Waals surface area (Å²) in [7, 11) is 1.21. The summed E-state index contributed by atoms with van der Waals surface area (Å²) >= 11 is 0. The smallest absolute Gasteiger partial charge is 0.416 e. The maximum absolute atomic E-state index is 12.4. The first-order valence-electron chi connectivity index (χ1n) is 4.41. The molecule has 0 atom stereocenters. The van der Waals surface area contributed by atoms with Crippen molar-refractivity contribution >= 4 is 5.91 Å². The van der Waals surface area contributed by atoms with Crippen LogP contribution in [0.3, 0.4) is 0 Å². The van der Waals surface area contributed by atoms with Gasteiger partial charge >= 0.3 is 6.18 Å². The minimum absolute atomic E-state index is 0.0615. The Morgan fingerprint density at radius 3 is 2.53 bits per heavy atom. The van der Waals surface area contributed by atoms with E-state index in [1.807, 2.05) is 5.92 Å². The van der Waals surface area contributed by atoms with E-state index in [2.05, 4.69) is 5.92 Å². The van der Waals surface area contributed by atoms with Crippen LogP contribution in [-0.2, 0) is 11.0 Å². The molecule has 17 heavy (non-hydrogen) atoms. The Morgan fingerprint density at radius 1 is 1.41 bits per heavy atom. The van der Waals surface area contributed by atoms with Crippen LogP contribution in [0, 0.1) is 11.8 Å². The molecule has 0 fully saturated rings. The lowest BCUT2D eigenvalue weighted by molar-refractivity contribution is -0.137. The van der Waals surface area contributed by atoms with Gasteiger partial charge in [-0.2, -0.15) is 13.2 Å². The van der Waals surface area contributed by atoms with Crippen molar-refractivity contribution in [2.75, 3.05) is 7.11 Å². The van der Waals surface area contributed by atoms with E-state index in [0.29, 0.717) is 0 Å².